The molecule has 2 unspecified atom stereocenters. The van der Waals surface area contributed by atoms with E-state index in [4.69, 9.17) is 0 Å². The smallest absolute Gasteiger partial charge is 0.0484 e. The fourth-order valence-corrected chi connectivity index (χ4v) is 3.45. The molecule has 1 aliphatic carbocycles. The number of hydrogen-bond donors (Lipinski definition) is 1. The molecular formula is C15H22N2. The Balaban J connectivity index is 1.86. The number of fused-ring (bicyclic) bond motifs is 1. The van der Waals surface area contributed by atoms with Gasteiger partial charge in [-0.3, -0.25) is 4.90 Å². The first-order valence-corrected chi connectivity index (χ1v) is 6.95. The lowest BCUT2D eigenvalue weighted by Crippen LogP contribution is -2.41. The van der Waals surface area contributed by atoms with Crippen LogP contribution in [0.4, 0.5) is 0 Å². The predicted octanol–water partition coefficient (Wildman–Crippen LogP) is 2.36. The van der Waals surface area contributed by atoms with Crippen LogP contribution in [0.15, 0.2) is 24.3 Å². The molecule has 0 spiro atoms. The Kier molecular flexibility index (Phi) is 3.17. The van der Waals surface area contributed by atoms with E-state index in [-0.39, 0.29) is 0 Å². The maximum absolute atomic E-state index is 3.69. The third kappa shape index (κ3) is 2.00. The van der Waals surface area contributed by atoms with Crippen molar-refractivity contribution in [3.05, 3.63) is 35.4 Å². The second-order valence-corrected chi connectivity index (χ2v) is 5.25. The van der Waals surface area contributed by atoms with Crippen molar-refractivity contribution >= 4 is 0 Å². The summed E-state index contributed by atoms with van der Waals surface area (Å²) in [7, 11) is 0. The second-order valence-electron chi connectivity index (χ2n) is 5.25. The maximum Gasteiger partial charge on any atom is 0.0484 e. The standard InChI is InChI=1S/C15H22N2/c1-2-16-15-13-8-4-3-7-12(13)11-14(15)17-9-5-6-10-17/h3-4,7-8,14-16H,2,5-6,9-11H2,1H3. The average Bonchev–Trinajstić information content (AvgIpc) is 2.97. The van der Waals surface area contributed by atoms with Gasteiger partial charge in [-0.2, -0.15) is 0 Å². The molecule has 0 saturated carbocycles. The molecule has 2 nitrogen and oxygen atoms in total. The minimum absolute atomic E-state index is 0.550. The van der Waals surface area contributed by atoms with E-state index >= 15 is 0 Å². The molecule has 0 radical (unpaired) electrons. The molecule has 2 aliphatic rings. The minimum Gasteiger partial charge on any atom is -0.309 e. The van der Waals surface area contributed by atoms with Crippen molar-refractivity contribution in [2.75, 3.05) is 19.6 Å². The third-order valence-electron chi connectivity index (χ3n) is 4.24. The van der Waals surface area contributed by atoms with Crippen LogP contribution in [-0.2, 0) is 6.42 Å². The lowest BCUT2D eigenvalue weighted by Gasteiger charge is -2.30. The van der Waals surface area contributed by atoms with E-state index < -0.39 is 0 Å². The Morgan fingerprint density at radius 2 is 2.00 bits per heavy atom. The van der Waals surface area contributed by atoms with Gasteiger partial charge >= 0.3 is 0 Å². The van der Waals surface area contributed by atoms with Crippen LogP contribution in [0.25, 0.3) is 0 Å². The molecule has 0 bridgehead atoms. The van der Waals surface area contributed by atoms with Gasteiger partial charge in [-0.25, -0.2) is 0 Å². The normalized spacial score (nSPS) is 28.5. The molecule has 0 amide bonds. The van der Waals surface area contributed by atoms with E-state index in [0.717, 1.165) is 6.54 Å². The molecule has 1 aromatic rings. The van der Waals surface area contributed by atoms with E-state index in [1.54, 1.807) is 5.56 Å². The lowest BCUT2D eigenvalue weighted by molar-refractivity contribution is 0.205. The summed E-state index contributed by atoms with van der Waals surface area (Å²) in [6.45, 7) is 5.85. The van der Waals surface area contributed by atoms with E-state index in [1.807, 2.05) is 0 Å². The van der Waals surface area contributed by atoms with Gasteiger partial charge in [0.15, 0.2) is 0 Å². The van der Waals surface area contributed by atoms with E-state index in [1.165, 1.54) is 37.9 Å². The zero-order chi connectivity index (χ0) is 11.7. The van der Waals surface area contributed by atoms with Gasteiger partial charge in [-0.15, -0.1) is 0 Å². The third-order valence-corrected chi connectivity index (χ3v) is 4.24. The molecule has 1 heterocycles. The summed E-state index contributed by atoms with van der Waals surface area (Å²) in [5.74, 6) is 0. The van der Waals surface area contributed by atoms with Crippen LogP contribution < -0.4 is 5.32 Å². The van der Waals surface area contributed by atoms with Crippen LogP contribution in [0, 0.1) is 0 Å². The van der Waals surface area contributed by atoms with E-state index in [2.05, 4.69) is 41.4 Å². The molecule has 1 aliphatic heterocycles. The Labute approximate surface area is 104 Å². The van der Waals surface area contributed by atoms with Gasteiger partial charge in [0.05, 0.1) is 0 Å². The molecule has 1 aromatic carbocycles. The van der Waals surface area contributed by atoms with Crippen molar-refractivity contribution in [2.45, 2.75) is 38.3 Å². The Morgan fingerprint density at radius 3 is 2.76 bits per heavy atom. The average molecular weight is 230 g/mol. The molecule has 92 valence electrons. The van der Waals surface area contributed by atoms with Crippen molar-refractivity contribution in [2.24, 2.45) is 0 Å². The Hall–Kier alpha value is -0.860. The van der Waals surface area contributed by atoms with Gasteiger partial charge in [0.1, 0.15) is 0 Å². The molecule has 1 N–H and O–H groups in total. The van der Waals surface area contributed by atoms with Crippen LogP contribution in [0.1, 0.15) is 36.9 Å². The van der Waals surface area contributed by atoms with Gasteiger partial charge in [-0.1, -0.05) is 31.2 Å². The van der Waals surface area contributed by atoms with Gasteiger partial charge in [-0.05, 0) is 50.0 Å². The number of likely N-dealkylation sites (N-methyl/N-ethyl adjacent to an activating group) is 1. The topological polar surface area (TPSA) is 15.3 Å². The molecule has 2 atom stereocenters. The van der Waals surface area contributed by atoms with Crippen LogP contribution in [0.5, 0.6) is 0 Å². The summed E-state index contributed by atoms with van der Waals surface area (Å²) in [6, 6.07) is 10.2. The molecule has 1 fully saturated rings. The van der Waals surface area contributed by atoms with Crippen molar-refractivity contribution < 1.29 is 0 Å². The zero-order valence-electron chi connectivity index (χ0n) is 10.7. The minimum atomic E-state index is 0.550. The number of benzene rings is 1. The zero-order valence-corrected chi connectivity index (χ0v) is 10.7. The highest BCUT2D eigenvalue weighted by Crippen LogP contribution is 2.35. The first-order valence-electron chi connectivity index (χ1n) is 6.95. The van der Waals surface area contributed by atoms with Crippen molar-refractivity contribution in [1.29, 1.82) is 0 Å². The summed E-state index contributed by atoms with van der Waals surface area (Å²) in [5.41, 5.74) is 3.08. The van der Waals surface area contributed by atoms with Crippen LogP contribution in [0.2, 0.25) is 0 Å². The lowest BCUT2D eigenvalue weighted by atomic mass is 10.1. The summed E-state index contributed by atoms with van der Waals surface area (Å²) in [5, 5.41) is 3.69. The number of likely N-dealkylation sites (tertiary alicyclic amines) is 1. The molecule has 0 aromatic heterocycles. The molecule has 3 rings (SSSR count). The van der Waals surface area contributed by atoms with Gasteiger partial charge in [0, 0.05) is 12.1 Å². The predicted molar refractivity (Wildman–Crippen MR) is 71.2 cm³/mol. The summed E-state index contributed by atoms with van der Waals surface area (Å²) < 4.78 is 0. The highest BCUT2D eigenvalue weighted by Gasteiger charge is 2.36. The number of hydrogen-bond acceptors (Lipinski definition) is 2. The fraction of sp³-hybridized carbons (Fsp3) is 0.600. The number of nitrogens with one attached hydrogen (secondary N) is 1. The summed E-state index contributed by atoms with van der Waals surface area (Å²) in [6.07, 6.45) is 3.99. The molecule has 2 heteroatoms. The van der Waals surface area contributed by atoms with Gasteiger partial charge in [0.2, 0.25) is 0 Å². The fourth-order valence-electron chi connectivity index (χ4n) is 3.45. The van der Waals surface area contributed by atoms with Crippen LogP contribution in [-0.4, -0.2) is 30.6 Å². The summed E-state index contributed by atoms with van der Waals surface area (Å²) in [4.78, 5) is 2.69. The van der Waals surface area contributed by atoms with Crippen molar-refractivity contribution in [3.8, 4) is 0 Å². The number of nitrogens with zero attached hydrogens (tertiary/aromatic N) is 1. The highest BCUT2D eigenvalue weighted by molar-refractivity contribution is 5.37. The van der Waals surface area contributed by atoms with Crippen molar-refractivity contribution in [1.82, 2.24) is 10.2 Å². The Morgan fingerprint density at radius 1 is 1.24 bits per heavy atom. The largest absolute Gasteiger partial charge is 0.309 e. The van der Waals surface area contributed by atoms with Crippen LogP contribution in [0.3, 0.4) is 0 Å². The monoisotopic (exact) mass is 230 g/mol. The summed E-state index contributed by atoms with van der Waals surface area (Å²) >= 11 is 0. The second kappa shape index (κ2) is 4.79. The Bertz CT molecular complexity index is 382. The van der Waals surface area contributed by atoms with Crippen molar-refractivity contribution in [3.63, 3.8) is 0 Å². The molecule has 17 heavy (non-hydrogen) atoms. The first kappa shape index (κ1) is 11.2. The maximum atomic E-state index is 3.69. The van der Waals surface area contributed by atoms with Crippen LogP contribution >= 0.6 is 0 Å². The number of rotatable bonds is 3. The highest BCUT2D eigenvalue weighted by atomic mass is 15.2. The van der Waals surface area contributed by atoms with Gasteiger partial charge in [0.25, 0.3) is 0 Å². The van der Waals surface area contributed by atoms with E-state index in [9.17, 15) is 0 Å². The van der Waals surface area contributed by atoms with E-state index in [0.29, 0.717) is 12.1 Å². The van der Waals surface area contributed by atoms with Gasteiger partial charge < -0.3 is 5.32 Å². The quantitative estimate of drug-likeness (QED) is 0.857. The SMILES string of the molecule is CCNC1c2ccccc2CC1N1CCCC1. The molecule has 1 saturated heterocycles. The molecular weight excluding hydrogens is 208 g/mol. The first-order chi connectivity index (χ1) is 8.40.